The number of anilines is 1. The van der Waals surface area contributed by atoms with E-state index in [4.69, 9.17) is 0 Å². The second kappa shape index (κ2) is 4.75. The van der Waals surface area contributed by atoms with Crippen LogP contribution in [-0.2, 0) is 0 Å². The summed E-state index contributed by atoms with van der Waals surface area (Å²) in [6.07, 6.45) is 0. The molecule has 2 heterocycles. The molecule has 0 unspecified atom stereocenters. The molecule has 0 radical (unpaired) electrons. The lowest BCUT2D eigenvalue weighted by molar-refractivity contribution is 0.103. The molecule has 1 N–H and O–H groups in total. The number of amides is 1. The molecule has 0 spiro atoms. The normalized spacial score (nSPS) is 10.8. The van der Waals surface area contributed by atoms with Gasteiger partial charge >= 0.3 is 0 Å². The number of thiazole rings is 1. The molecule has 1 amide bonds. The minimum atomic E-state index is -0.0831. The maximum Gasteiger partial charge on any atom is 0.267 e. The Bertz CT molecular complexity index is 705. The fourth-order valence-corrected chi connectivity index (χ4v) is 3.56. The smallest absolute Gasteiger partial charge is 0.267 e. The number of hydrogen-bond acceptors (Lipinski definition) is 4. The van der Waals surface area contributed by atoms with Crippen LogP contribution in [0.25, 0.3) is 10.2 Å². The highest BCUT2D eigenvalue weighted by Gasteiger charge is 2.12. The Morgan fingerprint density at radius 2 is 2.00 bits per heavy atom. The Labute approximate surface area is 118 Å². The second-order valence-electron chi connectivity index (χ2n) is 4.29. The molecule has 5 heteroatoms. The predicted molar refractivity (Wildman–Crippen MR) is 81.4 cm³/mol. The van der Waals surface area contributed by atoms with E-state index in [9.17, 15) is 4.79 Å². The van der Waals surface area contributed by atoms with Crippen LogP contribution in [0.2, 0.25) is 0 Å². The Morgan fingerprint density at radius 1 is 1.21 bits per heavy atom. The van der Waals surface area contributed by atoms with Gasteiger partial charge in [0.05, 0.1) is 15.1 Å². The summed E-state index contributed by atoms with van der Waals surface area (Å²) in [5.41, 5.74) is 2.07. The summed E-state index contributed by atoms with van der Waals surface area (Å²) in [4.78, 5) is 18.4. The largest absolute Gasteiger partial charge is 0.297 e. The molecule has 3 aromatic rings. The molecule has 19 heavy (non-hydrogen) atoms. The Hall–Kier alpha value is -1.72. The zero-order chi connectivity index (χ0) is 13.4. The molecule has 96 valence electrons. The van der Waals surface area contributed by atoms with Gasteiger partial charge in [-0.05, 0) is 37.6 Å². The van der Waals surface area contributed by atoms with E-state index < -0.39 is 0 Å². The van der Waals surface area contributed by atoms with Crippen LogP contribution < -0.4 is 5.32 Å². The maximum absolute atomic E-state index is 12.1. The quantitative estimate of drug-likeness (QED) is 0.767. The Balaban J connectivity index is 1.86. The number of aryl methyl sites for hydroxylation is 2. The number of thiophene rings is 1. The summed E-state index contributed by atoms with van der Waals surface area (Å²) < 4.78 is 1.08. The Kier molecular flexibility index (Phi) is 3.08. The van der Waals surface area contributed by atoms with E-state index in [1.165, 1.54) is 27.6 Å². The van der Waals surface area contributed by atoms with Gasteiger partial charge < -0.3 is 0 Å². The van der Waals surface area contributed by atoms with Gasteiger partial charge in [0, 0.05) is 4.88 Å². The van der Waals surface area contributed by atoms with Crippen molar-refractivity contribution < 1.29 is 4.79 Å². The lowest BCUT2D eigenvalue weighted by Crippen LogP contribution is -2.09. The third-order valence-electron chi connectivity index (χ3n) is 2.90. The first kappa shape index (κ1) is 12.3. The average Bonchev–Trinajstić information content (AvgIpc) is 2.93. The van der Waals surface area contributed by atoms with Crippen molar-refractivity contribution in [3.8, 4) is 0 Å². The van der Waals surface area contributed by atoms with Crippen LogP contribution in [-0.4, -0.2) is 10.9 Å². The van der Waals surface area contributed by atoms with Crippen LogP contribution in [0.1, 0.15) is 20.1 Å². The monoisotopic (exact) mass is 288 g/mol. The van der Waals surface area contributed by atoms with Crippen molar-refractivity contribution in [1.29, 1.82) is 0 Å². The predicted octanol–water partition coefficient (Wildman–Crippen LogP) is 4.23. The molecule has 0 atom stereocenters. The zero-order valence-electron chi connectivity index (χ0n) is 10.6. The van der Waals surface area contributed by atoms with E-state index in [1.54, 1.807) is 0 Å². The molecule has 0 saturated heterocycles. The minimum Gasteiger partial charge on any atom is -0.297 e. The first-order valence-electron chi connectivity index (χ1n) is 5.87. The van der Waals surface area contributed by atoms with Gasteiger partial charge in [-0.15, -0.1) is 11.3 Å². The molecule has 0 saturated carbocycles. The van der Waals surface area contributed by atoms with Crippen LogP contribution in [0.3, 0.4) is 0 Å². The highest BCUT2D eigenvalue weighted by Crippen LogP contribution is 2.27. The number of benzene rings is 1. The van der Waals surface area contributed by atoms with E-state index in [-0.39, 0.29) is 5.91 Å². The summed E-state index contributed by atoms with van der Waals surface area (Å²) in [5.74, 6) is -0.0831. The van der Waals surface area contributed by atoms with Crippen molar-refractivity contribution in [3.63, 3.8) is 0 Å². The van der Waals surface area contributed by atoms with Crippen molar-refractivity contribution in [2.45, 2.75) is 13.8 Å². The van der Waals surface area contributed by atoms with E-state index in [2.05, 4.69) is 10.3 Å². The van der Waals surface area contributed by atoms with Gasteiger partial charge in [-0.3, -0.25) is 10.1 Å². The highest BCUT2D eigenvalue weighted by atomic mass is 32.1. The topological polar surface area (TPSA) is 42.0 Å². The molecule has 0 aliphatic heterocycles. The van der Waals surface area contributed by atoms with Crippen LogP contribution in [0.4, 0.5) is 5.13 Å². The molecule has 3 nitrogen and oxygen atoms in total. The number of rotatable bonds is 2. The van der Waals surface area contributed by atoms with Gasteiger partial charge in [0.15, 0.2) is 5.13 Å². The van der Waals surface area contributed by atoms with Crippen molar-refractivity contribution in [3.05, 3.63) is 45.6 Å². The molecule has 2 aromatic heterocycles. The Morgan fingerprint density at radius 3 is 2.68 bits per heavy atom. The number of hydrogen-bond donors (Lipinski definition) is 1. The number of fused-ring (bicyclic) bond motifs is 1. The van der Waals surface area contributed by atoms with Crippen LogP contribution in [0, 0.1) is 13.8 Å². The summed E-state index contributed by atoms with van der Waals surface area (Å²) in [6.45, 7) is 4.04. The van der Waals surface area contributed by atoms with Gasteiger partial charge in [0.25, 0.3) is 5.91 Å². The molecule has 1 aromatic carbocycles. The average molecular weight is 288 g/mol. The van der Waals surface area contributed by atoms with Crippen LogP contribution in [0.5, 0.6) is 0 Å². The molecule has 0 fully saturated rings. The lowest BCUT2D eigenvalue weighted by Gasteiger charge is -1.97. The SMILES string of the molecule is Cc1cc(C(=O)Nc2nc3ccccc3s2)sc1C. The molecule has 0 aliphatic carbocycles. The summed E-state index contributed by atoms with van der Waals surface area (Å²) in [5, 5.41) is 3.52. The number of aromatic nitrogens is 1. The van der Waals surface area contributed by atoms with Crippen molar-refractivity contribution in [2.75, 3.05) is 5.32 Å². The van der Waals surface area contributed by atoms with Gasteiger partial charge in [-0.1, -0.05) is 23.5 Å². The number of para-hydroxylation sites is 1. The third-order valence-corrected chi connectivity index (χ3v) is 5.01. The molecule has 3 rings (SSSR count). The summed E-state index contributed by atoms with van der Waals surface area (Å²) >= 11 is 3.01. The second-order valence-corrected chi connectivity index (χ2v) is 6.58. The first-order chi connectivity index (χ1) is 9.13. The summed E-state index contributed by atoms with van der Waals surface area (Å²) in [7, 11) is 0. The van der Waals surface area contributed by atoms with Gasteiger partial charge in [0.1, 0.15) is 0 Å². The van der Waals surface area contributed by atoms with E-state index in [1.807, 2.05) is 44.2 Å². The molecule has 0 bridgehead atoms. The van der Waals surface area contributed by atoms with Gasteiger partial charge in [-0.25, -0.2) is 4.98 Å². The van der Waals surface area contributed by atoms with E-state index in [0.29, 0.717) is 5.13 Å². The maximum atomic E-state index is 12.1. The standard InChI is InChI=1S/C14H12N2OS2/c1-8-7-12(18-9(8)2)13(17)16-14-15-10-5-3-4-6-11(10)19-14/h3-7H,1-2H3,(H,15,16,17). The van der Waals surface area contributed by atoms with Crippen molar-refractivity contribution in [2.24, 2.45) is 0 Å². The molecular weight excluding hydrogens is 276 g/mol. The van der Waals surface area contributed by atoms with Gasteiger partial charge in [-0.2, -0.15) is 0 Å². The zero-order valence-corrected chi connectivity index (χ0v) is 12.2. The van der Waals surface area contributed by atoms with Gasteiger partial charge in [0.2, 0.25) is 0 Å². The third kappa shape index (κ3) is 2.39. The van der Waals surface area contributed by atoms with E-state index >= 15 is 0 Å². The number of nitrogens with zero attached hydrogens (tertiary/aromatic N) is 1. The number of carbonyl (C=O) groups is 1. The fourth-order valence-electron chi connectivity index (χ4n) is 1.77. The first-order valence-corrected chi connectivity index (χ1v) is 7.51. The van der Waals surface area contributed by atoms with Crippen molar-refractivity contribution in [1.82, 2.24) is 4.98 Å². The lowest BCUT2D eigenvalue weighted by atomic mass is 10.3. The fraction of sp³-hybridized carbons (Fsp3) is 0.143. The molecular formula is C14H12N2OS2. The van der Waals surface area contributed by atoms with Crippen LogP contribution in [0.15, 0.2) is 30.3 Å². The minimum absolute atomic E-state index is 0.0831. The number of nitrogens with one attached hydrogen (secondary N) is 1. The van der Waals surface area contributed by atoms with Crippen molar-refractivity contribution >= 4 is 43.9 Å². The van der Waals surface area contributed by atoms with Crippen LogP contribution >= 0.6 is 22.7 Å². The molecule has 0 aliphatic rings. The number of carbonyl (C=O) groups excluding carboxylic acids is 1. The van der Waals surface area contributed by atoms with E-state index in [0.717, 1.165) is 20.7 Å². The highest BCUT2D eigenvalue weighted by molar-refractivity contribution is 7.22. The summed E-state index contributed by atoms with van der Waals surface area (Å²) in [6, 6.07) is 9.78.